The Morgan fingerprint density at radius 2 is 1.79 bits per heavy atom. The molecule has 2 aromatic carbocycles. The van der Waals surface area contributed by atoms with Crippen LogP contribution in [0.25, 0.3) is 17.0 Å². The van der Waals surface area contributed by atoms with E-state index in [4.69, 9.17) is 21.1 Å². The van der Waals surface area contributed by atoms with Gasteiger partial charge in [0.05, 0.1) is 7.11 Å². The Bertz CT molecular complexity index is 1170. The van der Waals surface area contributed by atoms with Crippen LogP contribution in [0.15, 0.2) is 54.6 Å². The third-order valence-corrected chi connectivity index (χ3v) is 4.38. The number of hydrogen-bond donors (Lipinski definition) is 0. The van der Waals surface area contributed by atoms with Crippen molar-refractivity contribution in [3.8, 4) is 28.8 Å². The van der Waals surface area contributed by atoms with Crippen LogP contribution in [-0.2, 0) is 0 Å². The number of ketones is 1. The van der Waals surface area contributed by atoms with Crippen molar-refractivity contribution in [3.63, 3.8) is 0 Å². The van der Waals surface area contributed by atoms with Crippen molar-refractivity contribution in [2.24, 2.45) is 0 Å². The Morgan fingerprint density at radius 1 is 1.00 bits per heavy atom. The van der Waals surface area contributed by atoms with Crippen LogP contribution >= 0.6 is 11.6 Å². The van der Waals surface area contributed by atoms with E-state index in [0.29, 0.717) is 39.4 Å². The Morgan fingerprint density at radius 3 is 2.50 bits per heavy atom. The second-order valence-electron chi connectivity index (χ2n) is 6.00. The van der Waals surface area contributed by atoms with Gasteiger partial charge in [-0.3, -0.25) is 4.79 Å². The van der Waals surface area contributed by atoms with Gasteiger partial charge in [0.15, 0.2) is 28.8 Å². The molecule has 4 rings (SSSR count). The van der Waals surface area contributed by atoms with Gasteiger partial charge in [-0.15, -0.1) is 15.3 Å². The molecule has 0 radical (unpaired) electrons. The van der Waals surface area contributed by atoms with Crippen LogP contribution in [0.5, 0.6) is 17.4 Å². The quantitative estimate of drug-likeness (QED) is 0.465. The summed E-state index contributed by atoms with van der Waals surface area (Å²) in [5.74, 6) is 1.73. The van der Waals surface area contributed by atoms with Gasteiger partial charge >= 0.3 is 0 Å². The Labute approximate surface area is 165 Å². The van der Waals surface area contributed by atoms with E-state index in [0.717, 1.165) is 5.56 Å². The summed E-state index contributed by atoms with van der Waals surface area (Å²) in [6.07, 6.45) is 0. The first-order valence-electron chi connectivity index (χ1n) is 8.40. The van der Waals surface area contributed by atoms with Crippen molar-refractivity contribution in [1.29, 1.82) is 0 Å². The fraction of sp³-hybridized carbons (Fsp3) is 0.100. The lowest BCUT2D eigenvalue weighted by atomic mass is 10.1. The van der Waals surface area contributed by atoms with Crippen LogP contribution in [0.2, 0.25) is 5.02 Å². The third kappa shape index (κ3) is 3.39. The molecule has 140 valence electrons. The van der Waals surface area contributed by atoms with Crippen LogP contribution in [0.4, 0.5) is 0 Å². The van der Waals surface area contributed by atoms with E-state index in [1.54, 1.807) is 47.0 Å². The third-order valence-electron chi connectivity index (χ3n) is 4.13. The number of rotatable bonds is 5. The van der Waals surface area contributed by atoms with E-state index in [2.05, 4.69) is 15.3 Å². The zero-order valence-corrected chi connectivity index (χ0v) is 15.8. The van der Waals surface area contributed by atoms with Gasteiger partial charge in [-0.2, -0.15) is 4.52 Å². The van der Waals surface area contributed by atoms with Gasteiger partial charge in [0.2, 0.25) is 5.88 Å². The predicted molar refractivity (Wildman–Crippen MR) is 104 cm³/mol. The Kier molecular flexibility index (Phi) is 4.67. The van der Waals surface area contributed by atoms with Gasteiger partial charge in [-0.05, 0) is 55.5 Å². The molecule has 0 amide bonds. The topological polar surface area (TPSA) is 78.6 Å². The number of aromatic nitrogens is 4. The minimum atomic E-state index is -0.0542. The Hall–Kier alpha value is -3.45. The number of nitrogens with zero attached hydrogens (tertiary/aromatic N) is 4. The average molecular weight is 395 g/mol. The maximum Gasteiger partial charge on any atom is 0.237 e. The summed E-state index contributed by atoms with van der Waals surface area (Å²) in [6.45, 7) is 1.50. The number of carbonyl (C=O) groups is 1. The fourth-order valence-electron chi connectivity index (χ4n) is 2.69. The van der Waals surface area contributed by atoms with E-state index in [1.165, 1.54) is 14.0 Å². The number of fused-ring (bicyclic) bond motifs is 1. The largest absolute Gasteiger partial charge is 0.493 e. The number of Topliss-reactive ketones (excluding diaryl/α,β-unsaturated/α-hetero) is 1. The first kappa shape index (κ1) is 17.9. The highest BCUT2D eigenvalue weighted by Gasteiger charge is 2.13. The summed E-state index contributed by atoms with van der Waals surface area (Å²) in [5, 5.41) is 13.4. The van der Waals surface area contributed by atoms with Crippen LogP contribution < -0.4 is 9.47 Å². The molecule has 0 N–H and O–H groups in total. The molecule has 4 aromatic rings. The van der Waals surface area contributed by atoms with Crippen LogP contribution in [-0.4, -0.2) is 32.7 Å². The van der Waals surface area contributed by atoms with E-state index < -0.39 is 0 Å². The minimum absolute atomic E-state index is 0.0542. The van der Waals surface area contributed by atoms with Gasteiger partial charge in [0.25, 0.3) is 0 Å². The van der Waals surface area contributed by atoms with Gasteiger partial charge in [0, 0.05) is 22.2 Å². The standard InChI is InChI=1S/C20H15ClN4O3/c1-12(26)14-5-8-16(17(11-14)27-2)28-19-10-9-18-22-23-20(25(18)24-19)13-3-6-15(21)7-4-13/h3-11H,1-2H3. The maximum absolute atomic E-state index is 11.6. The monoisotopic (exact) mass is 394 g/mol. The highest BCUT2D eigenvalue weighted by atomic mass is 35.5. The molecule has 0 atom stereocenters. The van der Waals surface area contributed by atoms with Crippen LogP contribution in [0.3, 0.4) is 0 Å². The van der Waals surface area contributed by atoms with Crippen molar-refractivity contribution in [2.75, 3.05) is 7.11 Å². The summed E-state index contributed by atoms with van der Waals surface area (Å²) in [7, 11) is 1.52. The average Bonchev–Trinajstić information content (AvgIpc) is 3.12. The number of halogens is 1. The summed E-state index contributed by atoms with van der Waals surface area (Å²) in [5.41, 5.74) is 1.94. The van der Waals surface area contributed by atoms with Crippen molar-refractivity contribution in [2.45, 2.75) is 6.92 Å². The smallest absolute Gasteiger partial charge is 0.237 e. The first-order chi connectivity index (χ1) is 13.5. The summed E-state index contributed by atoms with van der Waals surface area (Å²) < 4.78 is 12.8. The molecule has 0 fully saturated rings. The second kappa shape index (κ2) is 7.28. The maximum atomic E-state index is 11.6. The molecule has 0 spiro atoms. The molecule has 0 unspecified atom stereocenters. The van der Waals surface area contributed by atoms with E-state index in [9.17, 15) is 4.79 Å². The molecule has 7 nitrogen and oxygen atoms in total. The molecule has 28 heavy (non-hydrogen) atoms. The molecular weight excluding hydrogens is 380 g/mol. The molecule has 8 heteroatoms. The highest BCUT2D eigenvalue weighted by Crippen LogP contribution is 2.32. The summed E-state index contributed by atoms with van der Waals surface area (Å²) in [6, 6.07) is 15.7. The highest BCUT2D eigenvalue weighted by molar-refractivity contribution is 6.30. The van der Waals surface area contributed by atoms with Crippen molar-refractivity contribution >= 4 is 23.0 Å². The van der Waals surface area contributed by atoms with Crippen molar-refractivity contribution in [1.82, 2.24) is 19.8 Å². The molecule has 2 heterocycles. The molecule has 0 bridgehead atoms. The summed E-state index contributed by atoms with van der Waals surface area (Å²) in [4.78, 5) is 11.6. The van der Waals surface area contributed by atoms with Crippen molar-refractivity contribution in [3.05, 3.63) is 65.2 Å². The first-order valence-corrected chi connectivity index (χ1v) is 8.78. The number of hydrogen-bond acceptors (Lipinski definition) is 6. The van der Waals surface area contributed by atoms with Crippen LogP contribution in [0.1, 0.15) is 17.3 Å². The normalized spacial score (nSPS) is 10.8. The van der Waals surface area contributed by atoms with E-state index in [-0.39, 0.29) is 5.78 Å². The molecule has 0 aliphatic rings. The Balaban J connectivity index is 1.71. The molecule has 0 aliphatic carbocycles. The summed E-state index contributed by atoms with van der Waals surface area (Å²) >= 11 is 5.95. The number of ether oxygens (including phenoxy) is 2. The molecule has 0 saturated heterocycles. The van der Waals surface area contributed by atoms with Gasteiger partial charge in [-0.1, -0.05) is 11.6 Å². The molecular formula is C20H15ClN4O3. The number of carbonyl (C=O) groups excluding carboxylic acids is 1. The van der Waals surface area contributed by atoms with E-state index >= 15 is 0 Å². The number of benzene rings is 2. The molecule has 0 aliphatic heterocycles. The van der Waals surface area contributed by atoms with Gasteiger partial charge in [0.1, 0.15) is 0 Å². The zero-order valence-electron chi connectivity index (χ0n) is 15.1. The molecule has 0 saturated carbocycles. The second-order valence-corrected chi connectivity index (χ2v) is 6.43. The van der Waals surface area contributed by atoms with E-state index in [1.807, 2.05) is 12.1 Å². The predicted octanol–water partition coefficient (Wildman–Crippen LogP) is 4.45. The van der Waals surface area contributed by atoms with Crippen molar-refractivity contribution < 1.29 is 14.3 Å². The number of methoxy groups -OCH3 is 1. The lowest BCUT2D eigenvalue weighted by Crippen LogP contribution is -2.00. The lowest BCUT2D eigenvalue weighted by Gasteiger charge is -2.10. The molecule has 2 aromatic heterocycles. The van der Waals surface area contributed by atoms with Gasteiger partial charge in [-0.25, -0.2) is 0 Å². The minimum Gasteiger partial charge on any atom is -0.493 e. The SMILES string of the molecule is COc1cc(C(C)=O)ccc1Oc1ccc2nnc(-c3ccc(Cl)cc3)n2n1. The fourth-order valence-corrected chi connectivity index (χ4v) is 2.82. The van der Waals surface area contributed by atoms with Crippen LogP contribution in [0, 0.1) is 0 Å². The zero-order chi connectivity index (χ0) is 19.7. The lowest BCUT2D eigenvalue weighted by molar-refractivity contribution is 0.101. The van der Waals surface area contributed by atoms with Gasteiger partial charge < -0.3 is 9.47 Å².